The average Bonchev–Trinajstić information content (AvgIpc) is 3.55. The van der Waals surface area contributed by atoms with Gasteiger partial charge in [-0.25, -0.2) is 0 Å². The summed E-state index contributed by atoms with van der Waals surface area (Å²) in [5.41, 5.74) is 7.01. The van der Waals surface area contributed by atoms with E-state index in [-0.39, 0.29) is 0 Å². The van der Waals surface area contributed by atoms with E-state index in [9.17, 15) is 10.5 Å². The Morgan fingerprint density at radius 3 is 1.83 bits per heavy atom. The predicted octanol–water partition coefficient (Wildman–Crippen LogP) is 8.78. The summed E-state index contributed by atoms with van der Waals surface area (Å²) in [5, 5.41) is 23.5. The lowest BCUT2D eigenvalue weighted by atomic mass is 9.93. The van der Waals surface area contributed by atoms with Gasteiger partial charge in [0.15, 0.2) is 0 Å². The van der Waals surface area contributed by atoms with Gasteiger partial charge in [-0.15, -0.1) is 22.7 Å². The smallest absolute Gasteiger partial charge is 0.0992 e. The molecular weight excluding hydrogens is 464 g/mol. The van der Waals surface area contributed by atoms with Gasteiger partial charge in [-0.2, -0.15) is 10.5 Å². The van der Waals surface area contributed by atoms with E-state index in [2.05, 4.69) is 90.3 Å². The topological polar surface area (TPSA) is 47.6 Å². The Hall–Kier alpha value is -4.22. The second-order valence-corrected chi connectivity index (χ2v) is 10.5. The van der Waals surface area contributed by atoms with Crippen LogP contribution in [0, 0.1) is 22.7 Å². The molecule has 2 nitrogen and oxygen atoms in total. The molecule has 0 N–H and O–H groups in total. The molecule has 164 valence electrons. The number of nitriles is 2. The minimum Gasteiger partial charge on any atom is -0.192 e. The van der Waals surface area contributed by atoms with Gasteiger partial charge in [0, 0.05) is 42.6 Å². The maximum Gasteiger partial charge on any atom is 0.0992 e. The first-order chi connectivity index (χ1) is 17.2. The van der Waals surface area contributed by atoms with Crippen LogP contribution in [0.2, 0.25) is 0 Å². The highest BCUT2D eigenvalue weighted by molar-refractivity contribution is 7.21. The maximum absolute atomic E-state index is 9.42. The van der Waals surface area contributed by atoms with Gasteiger partial charge in [-0.05, 0) is 52.4 Å². The molecule has 35 heavy (non-hydrogen) atoms. The van der Waals surface area contributed by atoms with Crippen molar-refractivity contribution in [2.75, 3.05) is 0 Å². The molecule has 0 bridgehead atoms. The fourth-order valence-electron chi connectivity index (χ4n) is 4.75. The van der Waals surface area contributed by atoms with Crippen molar-refractivity contribution in [1.29, 1.82) is 10.5 Å². The van der Waals surface area contributed by atoms with Crippen LogP contribution in [0.3, 0.4) is 0 Å². The maximum atomic E-state index is 9.42. The molecule has 6 rings (SSSR count). The van der Waals surface area contributed by atoms with Crippen LogP contribution in [0.1, 0.15) is 21.6 Å². The number of hydrogen-bond acceptors (Lipinski definition) is 4. The molecule has 0 saturated carbocycles. The Morgan fingerprint density at radius 2 is 1.23 bits per heavy atom. The molecule has 4 aromatic carbocycles. The molecule has 0 amide bonds. The predicted molar refractivity (Wildman–Crippen MR) is 147 cm³/mol. The summed E-state index contributed by atoms with van der Waals surface area (Å²) in [7, 11) is 0. The first-order valence-corrected chi connectivity index (χ1v) is 13.0. The van der Waals surface area contributed by atoms with E-state index in [0.29, 0.717) is 17.5 Å². The Kier molecular flexibility index (Phi) is 5.39. The summed E-state index contributed by atoms with van der Waals surface area (Å²) >= 11 is 3.59. The molecule has 0 unspecified atom stereocenters. The fraction of sp³-hybridized carbons (Fsp3) is 0.0323. The summed E-state index contributed by atoms with van der Waals surface area (Å²) in [6.07, 6.45) is 0.680. The SMILES string of the molecule is N#Cc1cc(C#N)cc(Cc2cc3c(-c4ccccc4)c4sccc4c(-c4ccccc4)c3s2)c1. The van der Waals surface area contributed by atoms with Crippen molar-refractivity contribution in [1.82, 2.24) is 0 Å². The first-order valence-electron chi connectivity index (χ1n) is 11.3. The van der Waals surface area contributed by atoms with Crippen molar-refractivity contribution in [3.8, 4) is 34.4 Å². The van der Waals surface area contributed by atoms with E-state index in [1.165, 1.54) is 47.3 Å². The zero-order chi connectivity index (χ0) is 23.8. The third-order valence-electron chi connectivity index (χ3n) is 6.20. The largest absolute Gasteiger partial charge is 0.192 e. The second-order valence-electron chi connectivity index (χ2n) is 8.42. The third kappa shape index (κ3) is 3.80. The van der Waals surface area contributed by atoms with Gasteiger partial charge in [0.1, 0.15) is 0 Å². The molecule has 0 radical (unpaired) electrons. The zero-order valence-electron chi connectivity index (χ0n) is 18.7. The van der Waals surface area contributed by atoms with Crippen LogP contribution >= 0.6 is 22.7 Å². The van der Waals surface area contributed by atoms with Crippen LogP contribution in [-0.4, -0.2) is 0 Å². The normalized spacial score (nSPS) is 10.9. The van der Waals surface area contributed by atoms with Gasteiger partial charge in [-0.1, -0.05) is 60.7 Å². The molecule has 0 saturated heterocycles. The zero-order valence-corrected chi connectivity index (χ0v) is 20.3. The number of fused-ring (bicyclic) bond motifs is 2. The van der Waals surface area contributed by atoms with Gasteiger partial charge >= 0.3 is 0 Å². The summed E-state index contributed by atoms with van der Waals surface area (Å²) in [6.45, 7) is 0. The highest BCUT2D eigenvalue weighted by atomic mass is 32.1. The van der Waals surface area contributed by atoms with E-state index in [1.807, 2.05) is 12.1 Å². The fourth-order valence-corrected chi connectivity index (χ4v) is 7.01. The summed E-state index contributed by atoms with van der Waals surface area (Å²) in [5.74, 6) is 0. The van der Waals surface area contributed by atoms with E-state index in [4.69, 9.17) is 0 Å². The molecule has 6 aromatic rings. The molecule has 2 aromatic heterocycles. The van der Waals surface area contributed by atoms with Crippen molar-refractivity contribution in [3.63, 3.8) is 0 Å². The highest BCUT2D eigenvalue weighted by Gasteiger charge is 2.20. The molecule has 0 fully saturated rings. The minimum absolute atomic E-state index is 0.524. The van der Waals surface area contributed by atoms with Crippen molar-refractivity contribution >= 4 is 42.8 Å². The molecule has 0 aliphatic rings. The number of benzene rings is 4. The van der Waals surface area contributed by atoms with Gasteiger partial charge in [0.05, 0.1) is 23.3 Å². The lowest BCUT2D eigenvalue weighted by Gasteiger charge is -2.12. The summed E-state index contributed by atoms with van der Waals surface area (Å²) in [4.78, 5) is 1.21. The van der Waals surface area contributed by atoms with Crippen molar-refractivity contribution in [2.24, 2.45) is 0 Å². The van der Waals surface area contributed by atoms with Crippen LogP contribution in [0.15, 0.2) is 96.4 Å². The van der Waals surface area contributed by atoms with Crippen molar-refractivity contribution < 1.29 is 0 Å². The van der Waals surface area contributed by atoms with Crippen LogP contribution in [0.4, 0.5) is 0 Å². The van der Waals surface area contributed by atoms with Gasteiger partial charge < -0.3 is 0 Å². The Labute approximate surface area is 211 Å². The van der Waals surface area contributed by atoms with E-state index in [1.54, 1.807) is 28.7 Å². The van der Waals surface area contributed by atoms with Crippen molar-refractivity contribution in [3.05, 3.63) is 118 Å². The number of nitrogens with zero attached hydrogens (tertiary/aromatic N) is 2. The van der Waals surface area contributed by atoms with E-state index in [0.717, 1.165) is 5.56 Å². The Morgan fingerprint density at radius 1 is 0.629 bits per heavy atom. The standard InChI is InChI=1S/C31H18N2S2/c32-18-21-13-20(14-22(15-21)19-33)16-25-17-27-29(24-9-5-2-6-10-24)30-26(11-12-34-30)28(31(27)35-25)23-7-3-1-4-8-23/h1-15,17H,16H2. The van der Waals surface area contributed by atoms with Gasteiger partial charge in [0.2, 0.25) is 0 Å². The Balaban J connectivity index is 1.63. The lowest BCUT2D eigenvalue weighted by molar-refractivity contribution is 1.23. The molecule has 2 heterocycles. The second kappa shape index (κ2) is 8.85. The van der Waals surface area contributed by atoms with Crippen LogP contribution < -0.4 is 0 Å². The number of rotatable bonds is 4. The van der Waals surface area contributed by atoms with Crippen LogP contribution in [0.5, 0.6) is 0 Å². The van der Waals surface area contributed by atoms with Crippen LogP contribution in [0.25, 0.3) is 42.4 Å². The third-order valence-corrected chi connectivity index (χ3v) is 8.28. The van der Waals surface area contributed by atoms with Gasteiger partial charge in [0.25, 0.3) is 0 Å². The van der Waals surface area contributed by atoms with Crippen molar-refractivity contribution in [2.45, 2.75) is 6.42 Å². The molecular formula is C31H18N2S2. The average molecular weight is 483 g/mol. The monoisotopic (exact) mass is 482 g/mol. The molecule has 0 spiro atoms. The molecule has 0 aliphatic carbocycles. The van der Waals surface area contributed by atoms with E-state index < -0.39 is 0 Å². The summed E-state index contributed by atoms with van der Waals surface area (Å²) < 4.78 is 2.57. The van der Waals surface area contributed by atoms with Gasteiger partial charge in [-0.3, -0.25) is 0 Å². The quantitative estimate of drug-likeness (QED) is 0.252. The molecule has 0 atom stereocenters. The number of thiophene rings is 2. The molecule has 4 heteroatoms. The van der Waals surface area contributed by atoms with E-state index >= 15 is 0 Å². The first kappa shape index (κ1) is 21.3. The number of hydrogen-bond donors (Lipinski definition) is 0. The molecule has 0 aliphatic heterocycles. The minimum atomic E-state index is 0.524. The summed E-state index contributed by atoms with van der Waals surface area (Å²) in [6, 6.07) is 35.6. The highest BCUT2D eigenvalue weighted by Crippen LogP contribution is 2.48. The van der Waals surface area contributed by atoms with Crippen LogP contribution in [-0.2, 0) is 6.42 Å². The lowest BCUT2D eigenvalue weighted by Crippen LogP contribution is -1.89. The Bertz CT molecular complexity index is 1660.